The maximum atomic E-state index is 9.22. The lowest BCUT2D eigenvalue weighted by Gasteiger charge is -2.21. The van der Waals surface area contributed by atoms with Gasteiger partial charge in [-0.25, -0.2) is 0 Å². The summed E-state index contributed by atoms with van der Waals surface area (Å²) in [6.45, 7) is 3.17. The quantitative estimate of drug-likeness (QED) is 0.0966. The van der Waals surface area contributed by atoms with Gasteiger partial charge in [0, 0.05) is 69.4 Å². The van der Waals surface area contributed by atoms with E-state index in [4.69, 9.17) is 18.6 Å². The molecule has 3 aromatic carbocycles. The van der Waals surface area contributed by atoms with Crippen LogP contribution in [0.15, 0.2) is 91.3 Å². The minimum Gasteiger partial charge on any atom is -0.410 e. The van der Waals surface area contributed by atoms with Gasteiger partial charge in [-0.15, -0.1) is 0 Å². The molecule has 230 valence electrons. The highest BCUT2D eigenvalue weighted by molar-refractivity contribution is 6.61. The van der Waals surface area contributed by atoms with Gasteiger partial charge in [0.2, 0.25) is 11.0 Å². The molecule has 6 rings (SSSR count). The van der Waals surface area contributed by atoms with E-state index in [0.29, 0.717) is 0 Å². The highest BCUT2D eigenvalue weighted by atomic mass is 16.6. The van der Waals surface area contributed by atoms with Crippen LogP contribution in [0.1, 0.15) is 42.4 Å². The number of aryl methyl sites for hydroxylation is 1. The third-order valence-electron chi connectivity index (χ3n) is 8.57. The molecular formula is C36H42B2N2O5+2. The first-order valence-corrected chi connectivity index (χ1v) is 16.0. The minimum absolute atomic E-state index is 0.248. The maximum Gasteiger partial charge on any atom is 0.493 e. The number of fused-ring (bicyclic) bond motifs is 3. The summed E-state index contributed by atoms with van der Waals surface area (Å²) in [4.78, 5) is 0. The van der Waals surface area contributed by atoms with Gasteiger partial charge in [-0.3, -0.25) is 0 Å². The van der Waals surface area contributed by atoms with Gasteiger partial charge in [-0.05, 0) is 60.4 Å². The molecule has 5 aromatic rings. The molecule has 1 aliphatic heterocycles. The van der Waals surface area contributed by atoms with E-state index < -0.39 is 0 Å². The van der Waals surface area contributed by atoms with Crippen LogP contribution in [-0.2, 0) is 38.1 Å². The summed E-state index contributed by atoms with van der Waals surface area (Å²) in [7, 11) is 2.62. The molecular weight excluding hydrogens is 562 g/mol. The van der Waals surface area contributed by atoms with E-state index in [1.807, 2.05) is 6.07 Å². The molecule has 3 heterocycles. The lowest BCUT2D eigenvalue weighted by atomic mass is 9.76. The van der Waals surface area contributed by atoms with Crippen molar-refractivity contribution in [2.24, 2.45) is 0 Å². The molecule has 45 heavy (non-hydrogen) atoms. The van der Waals surface area contributed by atoms with Gasteiger partial charge in [-0.1, -0.05) is 42.8 Å². The van der Waals surface area contributed by atoms with E-state index >= 15 is 0 Å². The lowest BCUT2D eigenvalue weighted by molar-refractivity contribution is -0.664. The highest BCUT2D eigenvalue weighted by Crippen LogP contribution is 2.22. The second-order valence-corrected chi connectivity index (χ2v) is 11.8. The Morgan fingerprint density at radius 1 is 0.733 bits per heavy atom. The molecule has 0 spiro atoms. The monoisotopic (exact) mass is 604 g/mol. The molecule has 0 amide bonds. The number of unbranched alkanes of at least 4 members (excludes halogenated alkanes) is 2. The van der Waals surface area contributed by atoms with E-state index in [1.165, 1.54) is 38.5 Å². The van der Waals surface area contributed by atoms with Gasteiger partial charge in [0.25, 0.3) is 0 Å². The van der Waals surface area contributed by atoms with Crippen LogP contribution in [0.25, 0.3) is 21.8 Å². The van der Waals surface area contributed by atoms with Crippen LogP contribution in [0.5, 0.6) is 0 Å². The van der Waals surface area contributed by atoms with Crippen molar-refractivity contribution < 1.29 is 32.9 Å². The van der Waals surface area contributed by atoms with Crippen LogP contribution in [0.4, 0.5) is 0 Å². The number of benzene rings is 3. The molecule has 0 unspecified atom stereocenters. The smallest absolute Gasteiger partial charge is 0.410 e. The zero-order valence-corrected chi connectivity index (χ0v) is 26.4. The molecule has 1 N–H and O–H groups in total. The van der Waals surface area contributed by atoms with Gasteiger partial charge < -0.3 is 23.7 Å². The Morgan fingerprint density at radius 2 is 1.40 bits per heavy atom. The number of aromatic nitrogens is 2. The normalized spacial score (nSPS) is 13.5. The van der Waals surface area contributed by atoms with E-state index in [2.05, 4.69) is 94.3 Å². The van der Waals surface area contributed by atoms with Crippen molar-refractivity contribution in [2.75, 3.05) is 34.0 Å². The van der Waals surface area contributed by atoms with Crippen LogP contribution in [0, 0.1) is 0 Å². The first kappa shape index (κ1) is 31.4. The van der Waals surface area contributed by atoms with Gasteiger partial charge in [0.05, 0.1) is 10.8 Å². The average Bonchev–Trinajstić information content (AvgIpc) is 3.08. The summed E-state index contributed by atoms with van der Waals surface area (Å²) in [5.74, 6) is 0. The fourth-order valence-corrected chi connectivity index (χ4v) is 6.45. The van der Waals surface area contributed by atoms with Crippen molar-refractivity contribution in [3.05, 3.63) is 108 Å². The zero-order valence-electron chi connectivity index (χ0n) is 26.4. The highest BCUT2D eigenvalue weighted by Gasteiger charge is 2.26. The summed E-state index contributed by atoms with van der Waals surface area (Å²) < 4.78 is 27.6. The van der Waals surface area contributed by atoms with Crippen molar-refractivity contribution in [3.63, 3.8) is 0 Å². The molecule has 2 aromatic heterocycles. The number of pyridine rings is 2. The van der Waals surface area contributed by atoms with Gasteiger partial charge in [0.1, 0.15) is 0 Å². The van der Waals surface area contributed by atoms with Gasteiger partial charge in [0.15, 0.2) is 25.5 Å². The fourth-order valence-electron chi connectivity index (χ4n) is 6.45. The second kappa shape index (κ2) is 15.1. The number of nitrogens with zero attached hydrogens (tertiary/aromatic N) is 2. The lowest BCUT2D eigenvalue weighted by Crippen LogP contribution is -2.42. The van der Waals surface area contributed by atoms with Crippen molar-refractivity contribution in [1.82, 2.24) is 0 Å². The predicted octanol–water partition coefficient (Wildman–Crippen LogP) is 3.49. The molecule has 0 bridgehead atoms. The Bertz CT molecular complexity index is 1740. The molecule has 0 atom stereocenters. The Balaban J connectivity index is 1.31. The topological polar surface area (TPSA) is 64.9 Å². The van der Waals surface area contributed by atoms with Crippen LogP contribution >= 0.6 is 0 Å². The van der Waals surface area contributed by atoms with E-state index in [1.54, 1.807) is 14.2 Å². The molecule has 9 heteroatoms. The number of hydrogen-bond donors (Lipinski definition) is 1. The molecule has 1 aliphatic rings. The standard InChI is InChI=1S/C36H42B2N2O5/c1-42-37(43-2)31-12-6-11-29(24-31)26-39-17-7-13-33-34-14-8-18-40(36(34)16-15-35(33)39)27-30-22-28(10-4-3-5-19-41)23-32(25-30)38-44-20-9-21-45-38/h6-8,11-18,22-25,41H,3-5,9-10,19-21,26-27H2,1-2H3/q+2. The van der Waals surface area contributed by atoms with Crippen LogP contribution in [0.3, 0.4) is 0 Å². The van der Waals surface area contributed by atoms with Crippen LogP contribution < -0.4 is 20.1 Å². The molecule has 1 fully saturated rings. The van der Waals surface area contributed by atoms with Crippen molar-refractivity contribution in [3.8, 4) is 0 Å². The van der Waals surface area contributed by atoms with Crippen molar-refractivity contribution >= 4 is 47.0 Å². The number of hydrogen-bond acceptors (Lipinski definition) is 5. The Labute approximate surface area is 266 Å². The molecule has 7 nitrogen and oxygen atoms in total. The second-order valence-electron chi connectivity index (χ2n) is 11.8. The molecule has 0 saturated carbocycles. The summed E-state index contributed by atoms with van der Waals surface area (Å²) in [5, 5.41) is 11.7. The maximum absolute atomic E-state index is 9.22. The summed E-state index contributed by atoms with van der Waals surface area (Å²) in [5.41, 5.74) is 8.16. The Morgan fingerprint density at radius 3 is 2.07 bits per heavy atom. The van der Waals surface area contributed by atoms with Crippen LogP contribution in [0.2, 0.25) is 0 Å². The van der Waals surface area contributed by atoms with Crippen molar-refractivity contribution in [1.29, 1.82) is 0 Å². The van der Waals surface area contributed by atoms with Gasteiger partial charge >= 0.3 is 14.2 Å². The minimum atomic E-state index is -0.382. The number of aliphatic hydroxyl groups excluding tert-OH is 1. The molecule has 0 aliphatic carbocycles. The number of aliphatic hydroxyl groups is 1. The van der Waals surface area contributed by atoms with E-state index in [0.717, 1.165) is 69.3 Å². The Kier molecular flexibility index (Phi) is 10.6. The van der Waals surface area contributed by atoms with E-state index in [-0.39, 0.29) is 20.8 Å². The first-order valence-electron chi connectivity index (χ1n) is 16.0. The predicted molar refractivity (Wildman–Crippen MR) is 179 cm³/mol. The third-order valence-corrected chi connectivity index (χ3v) is 8.57. The molecule has 1 saturated heterocycles. The largest absolute Gasteiger partial charge is 0.493 e. The fraction of sp³-hybridized carbons (Fsp3) is 0.333. The van der Waals surface area contributed by atoms with Crippen LogP contribution in [-0.4, -0.2) is 53.4 Å². The molecule has 0 radical (unpaired) electrons. The van der Waals surface area contributed by atoms with E-state index in [9.17, 15) is 5.11 Å². The summed E-state index contributed by atoms with van der Waals surface area (Å²) >= 11 is 0. The third kappa shape index (κ3) is 7.46. The first-order chi connectivity index (χ1) is 22.2. The number of rotatable bonds is 13. The Hall–Kier alpha value is -3.59. The van der Waals surface area contributed by atoms with Crippen molar-refractivity contribution in [2.45, 2.75) is 45.2 Å². The SMILES string of the molecule is COB(OC)c1cccc(C[n+]2cccc3c4ccc[n+](Cc5cc(CCCCCO)cc(B6OCCCO6)c5)c4ccc32)c1. The van der Waals surface area contributed by atoms with Gasteiger partial charge in [-0.2, -0.15) is 9.13 Å². The average molecular weight is 604 g/mol. The summed E-state index contributed by atoms with van der Waals surface area (Å²) in [6, 6.07) is 28.4. The zero-order chi connectivity index (χ0) is 31.0. The summed E-state index contributed by atoms with van der Waals surface area (Å²) in [6.07, 6.45) is 9.12.